The van der Waals surface area contributed by atoms with Gasteiger partial charge in [0.2, 0.25) is 0 Å². The molecule has 0 unspecified atom stereocenters. The fourth-order valence-electron chi connectivity index (χ4n) is 2.68. The van der Waals surface area contributed by atoms with Gasteiger partial charge in [0.05, 0.1) is 5.56 Å². The van der Waals surface area contributed by atoms with E-state index in [0.29, 0.717) is 5.56 Å². The Balaban J connectivity index is 1.91. The van der Waals surface area contributed by atoms with Crippen molar-refractivity contribution < 1.29 is 9.90 Å². The van der Waals surface area contributed by atoms with Gasteiger partial charge in [0.15, 0.2) is 0 Å². The Bertz CT molecular complexity index is 417. The van der Waals surface area contributed by atoms with Crippen LogP contribution in [0.25, 0.3) is 0 Å². The highest BCUT2D eigenvalue weighted by Crippen LogP contribution is 2.21. The molecule has 1 heterocycles. The van der Waals surface area contributed by atoms with Gasteiger partial charge in [-0.2, -0.15) is 11.8 Å². The van der Waals surface area contributed by atoms with Crippen molar-refractivity contribution in [3.05, 3.63) is 35.4 Å². The molecular weight excluding hydrogens is 258 g/mol. The number of benzene rings is 1. The maximum Gasteiger partial charge on any atom is 0.335 e. The zero-order valence-corrected chi connectivity index (χ0v) is 12.2. The second-order valence-electron chi connectivity index (χ2n) is 5.20. The van der Waals surface area contributed by atoms with Gasteiger partial charge < -0.3 is 5.11 Å². The largest absolute Gasteiger partial charge is 0.478 e. The Morgan fingerprint density at radius 1 is 1.42 bits per heavy atom. The van der Waals surface area contributed by atoms with Crippen molar-refractivity contribution >= 4 is 17.7 Å². The topological polar surface area (TPSA) is 40.5 Å². The van der Waals surface area contributed by atoms with Crippen LogP contribution < -0.4 is 0 Å². The molecule has 1 N–H and O–H groups in total. The summed E-state index contributed by atoms with van der Waals surface area (Å²) in [5.74, 6) is 1.20. The van der Waals surface area contributed by atoms with E-state index < -0.39 is 5.97 Å². The first-order chi connectivity index (χ1) is 9.19. The van der Waals surface area contributed by atoms with Gasteiger partial charge in [-0.25, -0.2) is 4.79 Å². The van der Waals surface area contributed by atoms with Gasteiger partial charge in [-0.05, 0) is 55.0 Å². The molecule has 0 radical (unpaired) electrons. The number of carboxylic acids is 1. The summed E-state index contributed by atoms with van der Waals surface area (Å²) in [4.78, 5) is 13.3. The van der Waals surface area contributed by atoms with Crippen LogP contribution in [0, 0.1) is 5.92 Å². The summed E-state index contributed by atoms with van der Waals surface area (Å²) in [6.45, 7) is 3.26. The second kappa shape index (κ2) is 6.96. The molecular formula is C15H21NO2S. The van der Waals surface area contributed by atoms with E-state index >= 15 is 0 Å². The van der Waals surface area contributed by atoms with Crippen LogP contribution in [0.3, 0.4) is 0 Å². The summed E-state index contributed by atoms with van der Waals surface area (Å²) in [5, 5.41) is 8.88. The molecule has 4 heteroatoms. The molecule has 1 aliphatic rings. The Labute approximate surface area is 119 Å². The number of hydrogen-bond donors (Lipinski definition) is 1. The predicted octanol–water partition coefficient (Wildman–Crippen LogP) is 2.96. The van der Waals surface area contributed by atoms with Gasteiger partial charge in [0.25, 0.3) is 0 Å². The number of carboxylic acid groups (broad SMARTS) is 1. The standard InChI is InChI=1S/C15H21NO2S/c1-19-11-13-3-2-8-16(10-13)9-12-4-6-14(7-5-12)15(17)18/h4-7,13H,2-3,8-11H2,1H3,(H,17,18)/t13-/m0/s1. The van der Waals surface area contributed by atoms with E-state index in [0.717, 1.165) is 19.0 Å². The number of carbonyl (C=O) groups is 1. The summed E-state index contributed by atoms with van der Waals surface area (Å²) in [7, 11) is 0. The van der Waals surface area contributed by atoms with E-state index in [-0.39, 0.29) is 0 Å². The van der Waals surface area contributed by atoms with Crippen LogP contribution in [-0.2, 0) is 6.54 Å². The van der Waals surface area contributed by atoms with Crippen molar-refractivity contribution in [1.29, 1.82) is 0 Å². The number of likely N-dealkylation sites (tertiary alicyclic amines) is 1. The minimum absolute atomic E-state index is 0.364. The van der Waals surface area contributed by atoms with Gasteiger partial charge in [-0.1, -0.05) is 12.1 Å². The van der Waals surface area contributed by atoms with E-state index in [9.17, 15) is 4.79 Å². The minimum atomic E-state index is -0.857. The van der Waals surface area contributed by atoms with Gasteiger partial charge in [-0.3, -0.25) is 4.90 Å². The predicted molar refractivity (Wildman–Crippen MR) is 79.8 cm³/mol. The van der Waals surface area contributed by atoms with Crippen molar-refractivity contribution in [2.24, 2.45) is 5.92 Å². The first-order valence-electron chi connectivity index (χ1n) is 6.72. The molecule has 1 aromatic carbocycles. The van der Waals surface area contributed by atoms with E-state index in [1.807, 2.05) is 23.9 Å². The number of nitrogens with zero attached hydrogens (tertiary/aromatic N) is 1. The van der Waals surface area contributed by atoms with Gasteiger partial charge >= 0.3 is 5.97 Å². The third-order valence-electron chi connectivity index (χ3n) is 3.61. The summed E-state index contributed by atoms with van der Waals surface area (Å²) < 4.78 is 0. The first kappa shape index (κ1) is 14.4. The number of rotatable bonds is 5. The molecule has 2 rings (SSSR count). The minimum Gasteiger partial charge on any atom is -0.478 e. The van der Waals surface area contributed by atoms with Crippen LogP contribution in [0.2, 0.25) is 0 Å². The fourth-order valence-corrected chi connectivity index (χ4v) is 3.42. The molecule has 1 atom stereocenters. The van der Waals surface area contributed by atoms with Crippen LogP contribution in [0.5, 0.6) is 0 Å². The highest BCUT2D eigenvalue weighted by atomic mass is 32.2. The number of aromatic carboxylic acids is 1. The summed E-state index contributed by atoms with van der Waals surface area (Å²) in [5.41, 5.74) is 1.57. The van der Waals surface area contributed by atoms with Crippen molar-refractivity contribution in [2.45, 2.75) is 19.4 Å². The zero-order chi connectivity index (χ0) is 13.7. The second-order valence-corrected chi connectivity index (χ2v) is 6.11. The number of piperidine rings is 1. The van der Waals surface area contributed by atoms with Crippen LogP contribution >= 0.6 is 11.8 Å². The highest BCUT2D eigenvalue weighted by molar-refractivity contribution is 7.98. The molecule has 0 spiro atoms. The Morgan fingerprint density at radius 2 is 2.16 bits per heavy atom. The first-order valence-corrected chi connectivity index (χ1v) is 8.12. The van der Waals surface area contributed by atoms with E-state index in [4.69, 9.17) is 5.11 Å². The maximum atomic E-state index is 10.8. The molecule has 0 bridgehead atoms. The lowest BCUT2D eigenvalue weighted by molar-refractivity contribution is 0.0697. The molecule has 1 fully saturated rings. The molecule has 3 nitrogen and oxygen atoms in total. The van der Waals surface area contributed by atoms with Crippen LogP contribution in [0.4, 0.5) is 0 Å². The lowest BCUT2D eigenvalue weighted by Gasteiger charge is -2.32. The Kier molecular flexibility index (Phi) is 5.28. The van der Waals surface area contributed by atoms with E-state index in [1.165, 1.54) is 30.7 Å². The van der Waals surface area contributed by atoms with E-state index in [1.54, 1.807) is 12.1 Å². The SMILES string of the molecule is CSC[C@H]1CCCN(Cc2ccc(C(=O)O)cc2)C1. The smallest absolute Gasteiger partial charge is 0.335 e. The van der Waals surface area contributed by atoms with Crippen molar-refractivity contribution in [2.75, 3.05) is 25.1 Å². The number of hydrogen-bond acceptors (Lipinski definition) is 3. The summed E-state index contributed by atoms with van der Waals surface area (Å²) >= 11 is 1.93. The molecule has 0 aromatic heterocycles. The summed E-state index contributed by atoms with van der Waals surface area (Å²) in [6.07, 6.45) is 4.79. The van der Waals surface area contributed by atoms with Crippen molar-refractivity contribution in [1.82, 2.24) is 4.90 Å². The molecule has 104 valence electrons. The molecule has 1 aliphatic heterocycles. The fraction of sp³-hybridized carbons (Fsp3) is 0.533. The van der Waals surface area contributed by atoms with Crippen LogP contribution in [0.15, 0.2) is 24.3 Å². The van der Waals surface area contributed by atoms with Gasteiger partial charge in [0, 0.05) is 13.1 Å². The van der Waals surface area contributed by atoms with E-state index in [2.05, 4.69) is 11.2 Å². The van der Waals surface area contributed by atoms with Crippen molar-refractivity contribution in [3.63, 3.8) is 0 Å². The summed E-state index contributed by atoms with van der Waals surface area (Å²) in [6, 6.07) is 7.26. The average Bonchev–Trinajstić information content (AvgIpc) is 2.40. The molecule has 1 aromatic rings. The monoisotopic (exact) mass is 279 g/mol. The molecule has 0 saturated carbocycles. The average molecular weight is 279 g/mol. The Morgan fingerprint density at radius 3 is 2.79 bits per heavy atom. The normalized spacial score (nSPS) is 20.4. The van der Waals surface area contributed by atoms with Crippen LogP contribution in [0.1, 0.15) is 28.8 Å². The maximum absolute atomic E-state index is 10.8. The number of thioether (sulfide) groups is 1. The van der Waals surface area contributed by atoms with Crippen molar-refractivity contribution in [3.8, 4) is 0 Å². The zero-order valence-electron chi connectivity index (χ0n) is 11.3. The molecule has 0 amide bonds. The molecule has 1 saturated heterocycles. The quantitative estimate of drug-likeness (QED) is 0.899. The lowest BCUT2D eigenvalue weighted by Crippen LogP contribution is -2.35. The van der Waals surface area contributed by atoms with Gasteiger partial charge in [0.1, 0.15) is 0 Å². The third kappa shape index (κ3) is 4.25. The molecule has 0 aliphatic carbocycles. The Hall–Kier alpha value is -1.00. The molecule has 19 heavy (non-hydrogen) atoms. The lowest BCUT2D eigenvalue weighted by atomic mass is 9.99. The highest BCUT2D eigenvalue weighted by Gasteiger charge is 2.19. The van der Waals surface area contributed by atoms with Gasteiger partial charge in [-0.15, -0.1) is 0 Å². The van der Waals surface area contributed by atoms with Crippen LogP contribution in [-0.4, -0.2) is 41.1 Å². The third-order valence-corrected chi connectivity index (χ3v) is 4.42.